The summed E-state index contributed by atoms with van der Waals surface area (Å²) in [5, 5.41) is 0. The van der Waals surface area contributed by atoms with Gasteiger partial charge in [0.2, 0.25) is 0 Å². The van der Waals surface area contributed by atoms with Crippen molar-refractivity contribution in [2.24, 2.45) is 0 Å². The van der Waals surface area contributed by atoms with Crippen LogP contribution in [0.4, 0.5) is 0 Å². The summed E-state index contributed by atoms with van der Waals surface area (Å²) in [4.78, 5) is 0. The molecule has 1 heterocycles. The molecule has 1 aliphatic heterocycles. The average molecular weight is 280 g/mol. The third-order valence-corrected chi connectivity index (χ3v) is 3.23. The minimum absolute atomic E-state index is 0.349. The van der Waals surface area contributed by atoms with Gasteiger partial charge in [0.05, 0.1) is 39.1 Å². The van der Waals surface area contributed by atoms with E-state index in [1.54, 1.807) is 0 Å². The first-order valence-electron chi connectivity index (χ1n) is 7.34. The number of rotatable bonds is 9. The highest BCUT2D eigenvalue weighted by molar-refractivity contribution is 5.13. The molecule has 4 heteroatoms. The third kappa shape index (κ3) is 6.48. The number of ether oxygens (including phenoxy) is 4. The normalized spacial score (nSPS) is 16.4. The fourth-order valence-corrected chi connectivity index (χ4v) is 2.10. The molecule has 0 amide bonds. The van der Waals surface area contributed by atoms with Crippen LogP contribution in [0.1, 0.15) is 18.4 Å². The maximum absolute atomic E-state index is 5.71. The second-order valence-electron chi connectivity index (χ2n) is 4.83. The lowest BCUT2D eigenvalue weighted by atomic mass is 10.2. The van der Waals surface area contributed by atoms with E-state index < -0.39 is 0 Å². The zero-order valence-corrected chi connectivity index (χ0v) is 12.0. The number of benzene rings is 1. The molecule has 1 saturated heterocycles. The Morgan fingerprint density at radius 2 is 1.60 bits per heavy atom. The van der Waals surface area contributed by atoms with Gasteiger partial charge in [-0.05, 0) is 18.4 Å². The summed E-state index contributed by atoms with van der Waals surface area (Å²) >= 11 is 0. The van der Waals surface area contributed by atoms with Crippen molar-refractivity contribution < 1.29 is 18.9 Å². The first kappa shape index (κ1) is 15.4. The summed E-state index contributed by atoms with van der Waals surface area (Å²) in [6.07, 6.45) is 2.35. The highest BCUT2D eigenvalue weighted by atomic mass is 16.5. The summed E-state index contributed by atoms with van der Waals surface area (Å²) in [5.41, 5.74) is 1.19. The van der Waals surface area contributed by atoms with Crippen LogP contribution in [-0.2, 0) is 25.6 Å². The molecule has 0 bridgehead atoms. The second-order valence-corrected chi connectivity index (χ2v) is 4.83. The van der Waals surface area contributed by atoms with Crippen LogP contribution >= 0.6 is 0 Å². The summed E-state index contributed by atoms with van der Waals surface area (Å²) in [6, 6.07) is 10.2. The zero-order valence-electron chi connectivity index (χ0n) is 12.0. The van der Waals surface area contributed by atoms with Gasteiger partial charge >= 0.3 is 0 Å². The van der Waals surface area contributed by atoms with Gasteiger partial charge in [0.1, 0.15) is 0 Å². The quantitative estimate of drug-likeness (QED) is 0.651. The molecule has 1 aliphatic rings. The molecular weight excluding hydrogens is 256 g/mol. The van der Waals surface area contributed by atoms with Crippen LogP contribution in [0.5, 0.6) is 0 Å². The van der Waals surface area contributed by atoms with Crippen LogP contribution in [0.25, 0.3) is 0 Å². The summed E-state index contributed by atoms with van der Waals surface area (Å²) in [5.74, 6) is 0. The fraction of sp³-hybridized carbons (Fsp3) is 0.625. The van der Waals surface area contributed by atoms with E-state index in [4.69, 9.17) is 18.9 Å². The monoisotopic (exact) mass is 280 g/mol. The number of hydrogen-bond acceptors (Lipinski definition) is 4. The Hall–Kier alpha value is -0.940. The van der Waals surface area contributed by atoms with Gasteiger partial charge in [-0.15, -0.1) is 0 Å². The van der Waals surface area contributed by atoms with E-state index in [-0.39, 0.29) is 0 Å². The van der Waals surface area contributed by atoms with E-state index in [0.29, 0.717) is 39.1 Å². The van der Waals surface area contributed by atoms with Crippen LogP contribution in [0.15, 0.2) is 30.3 Å². The lowest BCUT2D eigenvalue weighted by Gasteiger charge is -2.22. The van der Waals surface area contributed by atoms with Gasteiger partial charge in [-0.25, -0.2) is 0 Å². The molecule has 0 N–H and O–H groups in total. The lowest BCUT2D eigenvalue weighted by Crippen LogP contribution is -2.25. The molecule has 2 rings (SSSR count). The summed E-state index contributed by atoms with van der Waals surface area (Å²) < 4.78 is 22.0. The Bertz CT molecular complexity index is 336. The topological polar surface area (TPSA) is 36.9 Å². The summed E-state index contributed by atoms with van der Waals surface area (Å²) in [6.45, 7) is 4.80. The molecule has 0 aromatic heterocycles. The van der Waals surface area contributed by atoms with Gasteiger partial charge in [-0.1, -0.05) is 30.3 Å². The van der Waals surface area contributed by atoms with Crippen molar-refractivity contribution in [2.45, 2.75) is 25.6 Å². The Balaban J connectivity index is 1.38. The van der Waals surface area contributed by atoms with E-state index in [0.717, 1.165) is 26.1 Å². The van der Waals surface area contributed by atoms with E-state index in [2.05, 4.69) is 12.1 Å². The third-order valence-electron chi connectivity index (χ3n) is 3.23. The van der Waals surface area contributed by atoms with Gasteiger partial charge in [0.15, 0.2) is 0 Å². The van der Waals surface area contributed by atoms with Crippen molar-refractivity contribution in [3.05, 3.63) is 35.9 Å². The molecule has 1 aromatic carbocycles. The van der Waals surface area contributed by atoms with Gasteiger partial charge in [-0.3, -0.25) is 0 Å². The SMILES string of the molecule is c1ccc(COCCOCCOC2CCOCC2)cc1. The van der Waals surface area contributed by atoms with E-state index in [1.165, 1.54) is 5.56 Å². The van der Waals surface area contributed by atoms with Crippen LogP contribution in [0.3, 0.4) is 0 Å². The van der Waals surface area contributed by atoms with E-state index in [1.807, 2.05) is 18.2 Å². The van der Waals surface area contributed by atoms with Crippen molar-refractivity contribution in [3.8, 4) is 0 Å². The largest absolute Gasteiger partial charge is 0.381 e. The first-order valence-corrected chi connectivity index (χ1v) is 7.34. The highest BCUT2D eigenvalue weighted by Gasteiger charge is 2.13. The highest BCUT2D eigenvalue weighted by Crippen LogP contribution is 2.09. The minimum Gasteiger partial charge on any atom is -0.381 e. The second kappa shape index (κ2) is 9.88. The van der Waals surface area contributed by atoms with Crippen LogP contribution in [-0.4, -0.2) is 45.7 Å². The smallest absolute Gasteiger partial charge is 0.0718 e. The van der Waals surface area contributed by atoms with Crippen molar-refractivity contribution in [1.82, 2.24) is 0 Å². The molecule has 0 atom stereocenters. The van der Waals surface area contributed by atoms with Gasteiger partial charge in [0, 0.05) is 13.2 Å². The summed E-state index contributed by atoms with van der Waals surface area (Å²) in [7, 11) is 0. The van der Waals surface area contributed by atoms with Crippen molar-refractivity contribution in [3.63, 3.8) is 0 Å². The molecule has 20 heavy (non-hydrogen) atoms. The minimum atomic E-state index is 0.349. The Morgan fingerprint density at radius 1 is 0.900 bits per heavy atom. The van der Waals surface area contributed by atoms with Crippen molar-refractivity contribution in [2.75, 3.05) is 39.6 Å². The lowest BCUT2D eigenvalue weighted by molar-refractivity contribution is -0.0541. The predicted octanol–water partition coefficient (Wildman–Crippen LogP) is 2.42. The zero-order chi connectivity index (χ0) is 13.9. The molecule has 112 valence electrons. The molecule has 0 saturated carbocycles. The Labute approximate surface area is 121 Å². The van der Waals surface area contributed by atoms with Crippen molar-refractivity contribution >= 4 is 0 Å². The molecule has 0 radical (unpaired) electrons. The number of hydrogen-bond donors (Lipinski definition) is 0. The van der Waals surface area contributed by atoms with Crippen LogP contribution in [0.2, 0.25) is 0 Å². The maximum Gasteiger partial charge on any atom is 0.0718 e. The van der Waals surface area contributed by atoms with Crippen LogP contribution in [0, 0.1) is 0 Å². The molecule has 0 aliphatic carbocycles. The molecular formula is C16H24O4. The molecule has 4 nitrogen and oxygen atoms in total. The van der Waals surface area contributed by atoms with Crippen molar-refractivity contribution in [1.29, 1.82) is 0 Å². The molecule has 1 aromatic rings. The van der Waals surface area contributed by atoms with E-state index in [9.17, 15) is 0 Å². The van der Waals surface area contributed by atoms with Crippen LogP contribution < -0.4 is 0 Å². The van der Waals surface area contributed by atoms with E-state index >= 15 is 0 Å². The molecule has 0 spiro atoms. The fourth-order valence-electron chi connectivity index (χ4n) is 2.10. The molecule has 0 unspecified atom stereocenters. The molecule has 1 fully saturated rings. The average Bonchev–Trinajstić information content (AvgIpc) is 2.52. The van der Waals surface area contributed by atoms with Gasteiger partial charge < -0.3 is 18.9 Å². The van der Waals surface area contributed by atoms with Gasteiger partial charge in [-0.2, -0.15) is 0 Å². The predicted molar refractivity (Wildman–Crippen MR) is 76.7 cm³/mol. The Kier molecular flexibility index (Phi) is 7.64. The first-order chi connectivity index (χ1) is 9.95. The standard InChI is InChI=1S/C16H24O4/c1-2-4-15(5-3-1)14-19-11-10-18-12-13-20-16-6-8-17-9-7-16/h1-5,16H,6-14H2. The maximum atomic E-state index is 5.71. The van der Waals surface area contributed by atoms with Gasteiger partial charge in [0.25, 0.3) is 0 Å². The Morgan fingerprint density at radius 3 is 2.40 bits per heavy atom.